The Morgan fingerprint density at radius 3 is 2.82 bits per heavy atom. The molecule has 17 heavy (non-hydrogen) atoms. The average molecular weight is 231 g/mol. The lowest BCUT2D eigenvalue weighted by atomic mass is 9.78. The van der Waals surface area contributed by atoms with Crippen LogP contribution < -0.4 is 5.32 Å². The van der Waals surface area contributed by atoms with E-state index in [9.17, 15) is 0 Å². The fourth-order valence-electron chi connectivity index (χ4n) is 3.26. The molecule has 1 aliphatic rings. The summed E-state index contributed by atoms with van der Waals surface area (Å²) >= 11 is 0. The predicted molar refractivity (Wildman–Crippen MR) is 74.5 cm³/mol. The normalized spacial score (nSPS) is 28.5. The lowest BCUT2D eigenvalue weighted by Gasteiger charge is -2.27. The lowest BCUT2D eigenvalue weighted by molar-refractivity contribution is 0.451. The number of hydrogen-bond acceptors (Lipinski definition) is 1. The summed E-state index contributed by atoms with van der Waals surface area (Å²) in [6.07, 6.45) is 5.17. The van der Waals surface area contributed by atoms with E-state index in [4.69, 9.17) is 0 Å². The maximum absolute atomic E-state index is 3.68. The molecule has 1 aromatic carbocycles. The second kappa shape index (κ2) is 5.22. The number of hydrogen-bond donors (Lipinski definition) is 1. The Balaban J connectivity index is 2.09. The van der Waals surface area contributed by atoms with Crippen molar-refractivity contribution in [2.45, 2.75) is 57.9 Å². The standard InChI is InChI=1S/C16H25N/c1-4-11-17-14-9-10-16(3,12-14)15-8-6-5-7-13(15)2/h5-8,14,17H,4,9-12H2,1-3H3. The molecule has 1 aromatic rings. The molecule has 1 fully saturated rings. The van der Waals surface area contributed by atoms with Crippen molar-refractivity contribution >= 4 is 0 Å². The quantitative estimate of drug-likeness (QED) is 0.831. The molecule has 2 atom stereocenters. The molecule has 0 aliphatic heterocycles. The number of aryl methyl sites for hydroxylation is 1. The van der Waals surface area contributed by atoms with Crippen LogP contribution in [0.5, 0.6) is 0 Å². The van der Waals surface area contributed by atoms with Crippen molar-refractivity contribution in [2.24, 2.45) is 0 Å². The van der Waals surface area contributed by atoms with Gasteiger partial charge >= 0.3 is 0 Å². The Morgan fingerprint density at radius 1 is 1.35 bits per heavy atom. The summed E-state index contributed by atoms with van der Waals surface area (Å²) in [6.45, 7) is 8.08. The molecule has 0 radical (unpaired) electrons. The van der Waals surface area contributed by atoms with E-state index >= 15 is 0 Å². The van der Waals surface area contributed by atoms with Crippen molar-refractivity contribution in [1.29, 1.82) is 0 Å². The number of benzene rings is 1. The highest BCUT2D eigenvalue weighted by atomic mass is 14.9. The van der Waals surface area contributed by atoms with E-state index in [1.165, 1.54) is 31.2 Å². The first-order valence-electron chi connectivity index (χ1n) is 6.95. The van der Waals surface area contributed by atoms with Crippen molar-refractivity contribution in [3.05, 3.63) is 35.4 Å². The van der Waals surface area contributed by atoms with E-state index in [1.807, 2.05) is 0 Å². The van der Waals surface area contributed by atoms with Gasteiger partial charge in [0.1, 0.15) is 0 Å². The van der Waals surface area contributed by atoms with Gasteiger partial charge < -0.3 is 5.32 Å². The minimum Gasteiger partial charge on any atom is -0.314 e. The molecule has 1 aliphatic carbocycles. The highest BCUT2D eigenvalue weighted by Crippen LogP contribution is 2.41. The molecule has 1 nitrogen and oxygen atoms in total. The van der Waals surface area contributed by atoms with Gasteiger partial charge in [0.2, 0.25) is 0 Å². The SMILES string of the molecule is CCCNC1CCC(C)(c2ccccc2C)C1. The van der Waals surface area contributed by atoms with Crippen LogP contribution in [0.15, 0.2) is 24.3 Å². The van der Waals surface area contributed by atoms with Crippen molar-refractivity contribution in [2.75, 3.05) is 6.54 Å². The fourth-order valence-corrected chi connectivity index (χ4v) is 3.26. The lowest BCUT2D eigenvalue weighted by Crippen LogP contribution is -2.29. The van der Waals surface area contributed by atoms with E-state index in [0.717, 1.165) is 12.6 Å². The van der Waals surface area contributed by atoms with E-state index in [2.05, 4.69) is 50.4 Å². The minimum absolute atomic E-state index is 0.386. The van der Waals surface area contributed by atoms with Crippen LogP contribution in [0.4, 0.5) is 0 Å². The summed E-state index contributed by atoms with van der Waals surface area (Å²) in [6, 6.07) is 9.61. The Kier molecular flexibility index (Phi) is 3.88. The topological polar surface area (TPSA) is 12.0 Å². The van der Waals surface area contributed by atoms with Crippen molar-refractivity contribution in [3.8, 4) is 0 Å². The van der Waals surface area contributed by atoms with Gasteiger partial charge in [-0.05, 0) is 55.7 Å². The van der Waals surface area contributed by atoms with Crippen LogP contribution >= 0.6 is 0 Å². The summed E-state index contributed by atoms with van der Waals surface area (Å²) in [5.41, 5.74) is 3.39. The maximum Gasteiger partial charge on any atom is 0.00757 e. The van der Waals surface area contributed by atoms with E-state index in [-0.39, 0.29) is 0 Å². The van der Waals surface area contributed by atoms with Crippen molar-refractivity contribution in [3.63, 3.8) is 0 Å². The van der Waals surface area contributed by atoms with E-state index in [0.29, 0.717) is 5.41 Å². The largest absolute Gasteiger partial charge is 0.314 e. The molecule has 0 bridgehead atoms. The van der Waals surface area contributed by atoms with Crippen LogP contribution in [0.3, 0.4) is 0 Å². The first-order chi connectivity index (χ1) is 8.15. The number of nitrogens with one attached hydrogen (secondary N) is 1. The Morgan fingerprint density at radius 2 is 2.12 bits per heavy atom. The number of rotatable bonds is 4. The zero-order chi connectivity index (χ0) is 12.3. The molecule has 1 saturated carbocycles. The van der Waals surface area contributed by atoms with Gasteiger partial charge in [-0.1, -0.05) is 38.1 Å². The molecule has 0 heterocycles. The van der Waals surface area contributed by atoms with Crippen LogP contribution in [0.1, 0.15) is 50.7 Å². The van der Waals surface area contributed by atoms with E-state index < -0.39 is 0 Å². The van der Waals surface area contributed by atoms with Gasteiger partial charge in [0.05, 0.1) is 0 Å². The first kappa shape index (κ1) is 12.6. The highest BCUT2D eigenvalue weighted by molar-refractivity contribution is 5.34. The summed E-state index contributed by atoms with van der Waals surface area (Å²) < 4.78 is 0. The van der Waals surface area contributed by atoms with Crippen LogP contribution in [-0.4, -0.2) is 12.6 Å². The molecule has 1 N–H and O–H groups in total. The zero-order valence-electron chi connectivity index (χ0n) is 11.4. The Hall–Kier alpha value is -0.820. The van der Waals surface area contributed by atoms with Crippen molar-refractivity contribution in [1.82, 2.24) is 5.32 Å². The molecule has 1 heteroatoms. The smallest absolute Gasteiger partial charge is 0.00757 e. The van der Waals surface area contributed by atoms with Gasteiger partial charge in [0.15, 0.2) is 0 Å². The summed E-state index contributed by atoms with van der Waals surface area (Å²) in [4.78, 5) is 0. The van der Waals surface area contributed by atoms with Gasteiger partial charge in [-0.15, -0.1) is 0 Å². The Bertz CT molecular complexity index is 372. The van der Waals surface area contributed by atoms with Gasteiger partial charge in [0.25, 0.3) is 0 Å². The molecular weight excluding hydrogens is 206 g/mol. The molecule has 94 valence electrons. The maximum atomic E-state index is 3.68. The zero-order valence-corrected chi connectivity index (χ0v) is 11.4. The molecule has 0 aromatic heterocycles. The van der Waals surface area contributed by atoms with Crippen LogP contribution in [0.25, 0.3) is 0 Å². The average Bonchev–Trinajstić information content (AvgIpc) is 2.70. The summed E-state index contributed by atoms with van der Waals surface area (Å²) in [5.74, 6) is 0. The Labute approximate surface area is 106 Å². The van der Waals surface area contributed by atoms with Gasteiger partial charge in [-0.3, -0.25) is 0 Å². The van der Waals surface area contributed by atoms with Crippen molar-refractivity contribution < 1.29 is 0 Å². The van der Waals surface area contributed by atoms with Gasteiger partial charge in [-0.25, -0.2) is 0 Å². The van der Waals surface area contributed by atoms with Gasteiger partial charge in [-0.2, -0.15) is 0 Å². The van der Waals surface area contributed by atoms with Crippen LogP contribution in [0, 0.1) is 6.92 Å². The summed E-state index contributed by atoms with van der Waals surface area (Å²) in [7, 11) is 0. The van der Waals surface area contributed by atoms with E-state index in [1.54, 1.807) is 5.56 Å². The molecule has 2 unspecified atom stereocenters. The molecule has 0 saturated heterocycles. The molecule has 0 amide bonds. The third-order valence-electron chi connectivity index (χ3n) is 4.22. The summed E-state index contributed by atoms with van der Waals surface area (Å²) in [5, 5.41) is 3.68. The highest BCUT2D eigenvalue weighted by Gasteiger charge is 2.36. The third-order valence-corrected chi connectivity index (χ3v) is 4.22. The first-order valence-corrected chi connectivity index (χ1v) is 6.95. The minimum atomic E-state index is 0.386. The monoisotopic (exact) mass is 231 g/mol. The second-order valence-electron chi connectivity index (χ2n) is 5.77. The third kappa shape index (κ3) is 2.71. The second-order valence-corrected chi connectivity index (χ2v) is 5.77. The molecular formula is C16H25N. The fraction of sp³-hybridized carbons (Fsp3) is 0.625. The molecule has 2 rings (SSSR count). The predicted octanol–water partition coefficient (Wildman–Crippen LogP) is 3.80. The van der Waals surface area contributed by atoms with Crippen LogP contribution in [0.2, 0.25) is 0 Å². The molecule has 0 spiro atoms. The van der Waals surface area contributed by atoms with Crippen LogP contribution in [-0.2, 0) is 5.41 Å². The van der Waals surface area contributed by atoms with Gasteiger partial charge in [0, 0.05) is 6.04 Å².